The quantitative estimate of drug-likeness (QED) is 0.512. The molecule has 0 aromatic rings. The molecule has 0 bridgehead atoms. The van der Waals surface area contributed by atoms with Crippen molar-refractivity contribution in [3.8, 4) is 0 Å². The number of hydrogen-bond acceptors (Lipinski definition) is 1. The van der Waals surface area contributed by atoms with E-state index < -0.39 is 0 Å². The van der Waals surface area contributed by atoms with Crippen molar-refractivity contribution in [3.05, 3.63) is 0 Å². The van der Waals surface area contributed by atoms with Crippen LogP contribution in [0.4, 0.5) is 0 Å². The maximum absolute atomic E-state index is 8.65. The van der Waals surface area contributed by atoms with Crippen LogP contribution in [0.1, 0.15) is 13.3 Å². The second-order valence-corrected chi connectivity index (χ2v) is 1.77. The summed E-state index contributed by atoms with van der Waals surface area (Å²) in [5.41, 5.74) is 0. The fourth-order valence-electron chi connectivity index (χ4n) is 0.167. The van der Waals surface area contributed by atoms with Crippen molar-refractivity contribution < 1.29 is 5.11 Å². The highest BCUT2D eigenvalue weighted by atomic mass is 31.0. The second-order valence-electron chi connectivity index (χ2n) is 1.30. The molecule has 0 amide bonds. The first kappa shape index (κ1) is 6.39. The molecule has 0 saturated carbocycles. The molecule has 2 unspecified atom stereocenters. The van der Waals surface area contributed by atoms with E-state index in [1.165, 1.54) is 0 Å². The van der Waals surface area contributed by atoms with Crippen LogP contribution < -0.4 is 0 Å². The summed E-state index contributed by atoms with van der Waals surface area (Å²) in [7, 11) is 2.49. The minimum absolute atomic E-state index is 0.102. The third kappa shape index (κ3) is 2.62. The van der Waals surface area contributed by atoms with E-state index in [9.17, 15) is 0 Å². The molecule has 0 aromatic heterocycles. The van der Waals surface area contributed by atoms with Crippen molar-refractivity contribution in [2.24, 2.45) is 0 Å². The van der Waals surface area contributed by atoms with Gasteiger partial charge in [-0.05, 0) is 12.6 Å². The Labute approximate surface area is 41.0 Å². The van der Waals surface area contributed by atoms with Crippen LogP contribution >= 0.6 is 9.24 Å². The lowest BCUT2D eigenvalue weighted by Crippen LogP contribution is -2.03. The van der Waals surface area contributed by atoms with Gasteiger partial charge in [0, 0.05) is 0 Å². The fourth-order valence-corrected chi connectivity index (χ4v) is 0.500. The fraction of sp³-hybridized carbons (Fsp3) is 1.00. The Kier molecular flexibility index (Phi) is 3.81. The van der Waals surface area contributed by atoms with Gasteiger partial charge in [-0.2, -0.15) is 0 Å². The molecule has 0 aliphatic carbocycles. The first-order valence-corrected chi connectivity index (χ1v) is 3.01. The first-order chi connectivity index (χ1) is 2.81. The Bertz CT molecular complexity index is 26.7. The summed E-state index contributed by atoms with van der Waals surface area (Å²) in [5, 5.41) is 8.65. The Morgan fingerprint density at radius 2 is 2.33 bits per heavy atom. The molecule has 0 spiro atoms. The van der Waals surface area contributed by atoms with Crippen LogP contribution in [0.5, 0.6) is 0 Å². The SMILES string of the molecule is CCC(O)CP. The van der Waals surface area contributed by atoms with Crippen LogP contribution in [-0.2, 0) is 0 Å². The normalized spacial score (nSPS) is 14.5. The summed E-state index contributed by atoms with van der Waals surface area (Å²) >= 11 is 0. The van der Waals surface area contributed by atoms with E-state index in [2.05, 4.69) is 9.24 Å². The van der Waals surface area contributed by atoms with Crippen LogP contribution in [0, 0.1) is 0 Å². The topological polar surface area (TPSA) is 20.2 Å². The van der Waals surface area contributed by atoms with Gasteiger partial charge in [-0.3, -0.25) is 0 Å². The van der Waals surface area contributed by atoms with Crippen LogP contribution in [0.15, 0.2) is 0 Å². The highest BCUT2D eigenvalue weighted by molar-refractivity contribution is 7.16. The van der Waals surface area contributed by atoms with E-state index in [4.69, 9.17) is 5.11 Å². The zero-order valence-electron chi connectivity index (χ0n) is 4.02. The molecule has 0 aliphatic heterocycles. The lowest BCUT2D eigenvalue weighted by Gasteiger charge is -1.98. The zero-order chi connectivity index (χ0) is 4.99. The van der Waals surface area contributed by atoms with Gasteiger partial charge in [-0.15, -0.1) is 9.24 Å². The zero-order valence-corrected chi connectivity index (χ0v) is 5.17. The summed E-state index contributed by atoms with van der Waals surface area (Å²) < 4.78 is 0. The molecule has 38 valence electrons. The lowest BCUT2D eigenvalue weighted by atomic mass is 10.3. The average molecular weight is 106 g/mol. The number of rotatable bonds is 2. The van der Waals surface area contributed by atoms with Crippen LogP contribution in [-0.4, -0.2) is 17.4 Å². The lowest BCUT2D eigenvalue weighted by molar-refractivity contribution is 0.195. The average Bonchev–Trinajstić information content (AvgIpc) is 1.65. The second kappa shape index (κ2) is 3.58. The molecule has 0 saturated heterocycles. The van der Waals surface area contributed by atoms with Crippen molar-refractivity contribution in [2.45, 2.75) is 19.4 Å². The van der Waals surface area contributed by atoms with Crippen molar-refractivity contribution in [1.82, 2.24) is 0 Å². The maximum Gasteiger partial charge on any atom is 0.0572 e. The summed E-state index contributed by atoms with van der Waals surface area (Å²) in [6.07, 6.45) is 1.56. The molecule has 2 atom stereocenters. The van der Waals surface area contributed by atoms with Gasteiger partial charge in [-0.1, -0.05) is 6.92 Å². The molecule has 1 N–H and O–H groups in total. The van der Waals surface area contributed by atoms with E-state index in [1.807, 2.05) is 6.92 Å². The molecule has 1 nitrogen and oxygen atoms in total. The maximum atomic E-state index is 8.65. The van der Waals surface area contributed by atoms with Gasteiger partial charge in [0.15, 0.2) is 0 Å². The number of aliphatic hydroxyl groups is 1. The third-order valence-electron chi connectivity index (χ3n) is 0.743. The molecule has 0 rings (SSSR count). The smallest absolute Gasteiger partial charge is 0.0572 e. The highest BCUT2D eigenvalue weighted by Gasteiger charge is 1.90. The van der Waals surface area contributed by atoms with Gasteiger partial charge >= 0.3 is 0 Å². The number of aliphatic hydroxyl groups excluding tert-OH is 1. The van der Waals surface area contributed by atoms with Gasteiger partial charge in [0.2, 0.25) is 0 Å². The van der Waals surface area contributed by atoms with E-state index >= 15 is 0 Å². The Morgan fingerprint density at radius 1 is 1.83 bits per heavy atom. The monoisotopic (exact) mass is 106 g/mol. The molecule has 0 radical (unpaired) electrons. The van der Waals surface area contributed by atoms with Crippen molar-refractivity contribution >= 4 is 9.24 Å². The summed E-state index contributed by atoms with van der Waals surface area (Å²) in [4.78, 5) is 0. The van der Waals surface area contributed by atoms with Crippen LogP contribution in [0.3, 0.4) is 0 Å². The predicted molar refractivity (Wildman–Crippen MR) is 30.9 cm³/mol. The van der Waals surface area contributed by atoms with Gasteiger partial charge in [0.05, 0.1) is 6.10 Å². The van der Waals surface area contributed by atoms with Crippen molar-refractivity contribution in [3.63, 3.8) is 0 Å². The Balaban J connectivity index is 2.75. The summed E-state index contributed by atoms with van der Waals surface area (Å²) in [6, 6.07) is 0. The minimum Gasteiger partial charge on any atom is -0.393 e. The standard InChI is InChI=1S/C4H11OP/c1-2-4(5)3-6/h4-5H,2-3,6H2,1H3. The molecular weight excluding hydrogens is 95.0 g/mol. The minimum atomic E-state index is -0.102. The van der Waals surface area contributed by atoms with E-state index in [0.717, 1.165) is 12.6 Å². The molecule has 2 heteroatoms. The highest BCUT2D eigenvalue weighted by Crippen LogP contribution is 1.92. The Morgan fingerprint density at radius 3 is 2.33 bits per heavy atom. The molecule has 0 aromatic carbocycles. The molecule has 6 heavy (non-hydrogen) atoms. The summed E-state index contributed by atoms with van der Waals surface area (Å²) in [6.45, 7) is 1.97. The summed E-state index contributed by atoms with van der Waals surface area (Å²) in [5.74, 6) is 0. The predicted octanol–water partition coefficient (Wildman–Crippen LogP) is 0.632. The van der Waals surface area contributed by atoms with Crippen molar-refractivity contribution in [1.29, 1.82) is 0 Å². The molecular formula is C4H11OP. The molecule has 0 aliphatic rings. The van der Waals surface area contributed by atoms with E-state index in [0.29, 0.717) is 0 Å². The van der Waals surface area contributed by atoms with Gasteiger partial charge < -0.3 is 5.11 Å². The first-order valence-electron chi connectivity index (χ1n) is 2.19. The molecule has 0 fully saturated rings. The van der Waals surface area contributed by atoms with Crippen LogP contribution in [0.2, 0.25) is 0 Å². The van der Waals surface area contributed by atoms with Crippen LogP contribution in [0.25, 0.3) is 0 Å². The third-order valence-corrected chi connectivity index (χ3v) is 1.29. The number of hydrogen-bond donors (Lipinski definition) is 1. The van der Waals surface area contributed by atoms with E-state index in [1.54, 1.807) is 0 Å². The van der Waals surface area contributed by atoms with Gasteiger partial charge in [0.25, 0.3) is 0 Å². The Hall–Kier alpha value is 0.390. The van der Waals surface area contributed by atoms with E-state index in [-0.39, 0.29) is 6.10 Å². The largest absolute Gasteiger partial charge is 0.393 e. The van der Waals surface area contributed by atoms with Crippen molar-refractivity contribution in [2.75, 3.05) is 6.16 Å². The molecule has 0 heterocycles. The van der Waals surface area contributed by atoms with Gasteiger partial charge in [0.1, 0.15) is 0 Å². The van der Waals surface area contributed by atoms with Gasteiger partial charge in [-0.25, -0.2) is 0 Å².